The Kier molecular flexibility index (Phi) is 5.37. The van der Waals surface area contributed by atoms with Crippen molar-refractivity contribution in [3.63, 3.8) is 0 Å². The fraction of sp³-hybridized carbons (Fsp3) is 0.300. The Morgan fingerprint density at radius 3 is 2.93 bits per heavy atom. The molecule has 3 aromatic rings. The Balaban J connectivity index is 1.75. The summed E-state index contributed by atoms with van der Waals surface area (Å²) in [6.45, 7) is 3.15. The smallest absolute Gasteiger partial charge is 0.260 e. The number of hydrogen-bond donors (Lipinski definition) is 0. The fourth-order valence-corrected chi connectivity index (χ4v) is 4.60. The van der Waals surface area contributed by atoms with Crippen LogP contribution in [0.3, 0.4) is 0 Å². The van der Waals surface area contributed by atoms with Gasteiger partial charge in [0.05, 0.1) is 22.9 Å². The summed E-state index contributed by atoms with van der Waals surface area (Å²) in [5.41, 5.74) is 2.29. The number of aryl methyl sites for hydroxylation is 1. The van der Waals surface area contributed by atoms with E-state index in [-0.39, 0.29) is 12.0 Å². The zero-order valence-corrected chi connectivity index (χ0v) is 17.1. The van der Waals surface area contributed by atoms with Crippen molar-refractivity contribution in [3.05, 3.63) is 57.6 Å². The summed E-state index contributed by atoms with van der Waals surface area (Å²) < 4.78 is 6.77. The third-order valence-electron chi connectivity index (χ3n) is 4.69. The number of rotatable bonds is 4. The number of benzene rings is 2. The number of aromatic nitrogens is 1. The first-order chi connectivity index (χ1) is 13.0. The highest BCUT2D eigenvalue weighted by molar-refractivity contribution is 7.22. The highest BCUT2D eigenvalue weighted by Crippen LogP contribution is 2.34. The summed E-state index contributed by atoms with van der Waals surface area (Å²) in [7, 11) is 0. The molecule has 0 aliphatic carbocycles. The monoisotopic (exact) mass is 420 g/mol. The van der Waals surface area contributed by atoms with Gasteiger partial charge in [-0.2, -0.15) is 0 Å². The quantitative estimate of drug-likeness (QED) is 0.540. The van der Waals surface area contributed by atoms with Crippen LogP contribution in [0.4, 0.5) is 5.13 Å². The molecule has 1 amide bonds. The van der Waals surface area contributed by atoms with Crippen molar-refractivity contribution in [3.8, 4) is 0 Å². The van der Waals surface area contributed by atoms with E-state index in [4.69, 9.17) is 32.9 Å². The van der Waals surface area contributed by atoms with Gasteiger partial charge in [-0.15, -0.1) is 0 Å². The molecule has 0 saturated carbocycles. The molecular weight excluding hydrogens is 403 g/mol. The number of nitrogens with zero attached hydrogens (tertiary/aromatic N) is 2. The second kappa shape index (κ2) is 7.76. The van der Waals surface area contributed by atoms with Crippen LogP contribution < -0.4 is 4.90 Å². The minimum atomic E-state index is -0.129. The van der Waals surface area contributed by atoms with E-state index in [1.807, 2.05) is 19.1 Å². The Morgan fingerprint density at radius 1 is 1.33 bits per heavy atom. The Morgan fingerprint density at radius 2 is 2.19 bits per heavy atom. The molecule has 0 N–H and O–H groups in total. The van der Waals surface area contributed by atoms with E-state index in [0.717, 1.165) is 35.2 Å². The first-order valence-corrected chi connectivity index (χ1v) is 10.3. The maximum atomic E-state index is 13.3. The molecule has 0 bridgehead atoms. The van der Waals surface area contributed by atoms with E-state index in [2.05, 4.69) is 0 Å². The SMILES string of the molecule is Cc1c(Cl)ccc2sc(N(C[C@@H]3CCCO3)C(=O)c3cccc(Cl)c3)nc12. The molecule has 4 nitrogen and oxygen atoms in total. The fourth-order valence-electron chi connectivity index (χ4n) is 3.22. The zero-order valence-electron chi connectivity index (χ0n) is 14.7. The highest BCUT2D eigenvalue weighted by Gasteiger charge is 2.27. The third-order valence-corrected chi connectivity index (χ3v) is 6.38. The molecule has 4 rings (SSSR count). The van der Waals surface area contributed by atoms with Crippen LogP contribution in [0.1, 0.15) is 28.8 Å². The van der Waals surface area contributed by atoms with Gasteiger partial charge in [0.1, 0.15) is 0 Å². The molecule has 140 valence electrons. The molecule has 1 saturated heterocycles. The highest BCUT2D eigenvalue weighted by atomic mass is 35.5. The Hall–Kier alpha value is -1.66. The first kappa shape index (κ1) is 18.7. The molecule has 1 atom stereocenters. The van der Waals surface area contributed by atoms with Crippen LogP contribution in [0.15, 0.2) is 36.4 Å². The number of fused-ring (bicyclic) bond motifs is 1. The van der Waals surface area contributed by atoms with Crippen molar-refractivity contribution in [2.45, 2.75) is 25.9 Å². The lowest BCUT2D eigenvalue weighted by molar-refractivity contribution is 0.0917. The summed E-state index contributed by atoms with van der Waals surface area (Å²) in [4.78, 5) is 19.7. The summed E-state index contributed by atoms with van der Waals surface area (Å²) >= 11 is 13.8. The third kappa shape index (κ3) is 3.83. The molecule has 7 heteroatoms. The van der Waals surface area contributed by atoms with E-state index in [1.165, 1.54) is 11.3 Å². The molecule has 0 radical (unpaired) electrons. The summed E-state index contributed by atoms with van der Waals surface area (Å²) in [5, 5.41) is 1.85. The lowest BCUT2D eigenvalue weighted by Gasteiger charge is -2.23. The van der Waals surface area contributed by atoms with Gasteiger partial charge < -0.3 is 4.74 Å². The molecule has 1 fully saturated rings. The maximum Gasteiger partial charge on any atom is 0.260 e. The van der Waals surface area contributed by atoms with E-state index in [0.29, 0.717) is 27.3 Å². The van der Waals surface area contributed by atoms with Gasteiger partial charge >= 0.3 is 0 Å². The number of amides is 1. The van der Waals surface area contributed by atoms with Crippen molar-refractivity contribution < 1.29 is 9.53 Å². The van der Waals surface area contributed by atoms with Gasteiger partial charge in [0.15, 0.2) is 5.13 Å². The molecule has 2 heterocycles. The second-order valence-electron chi connectivity index (χ2n) is 6.58. The average molecular weight is 421 g/mol. The summed E-state index contributed by atoms with van der Waals surface area (Å²) in [6, 6.07) is 10.8. The van der Waals surface area contributed by atoms with Crippen molar-refractivity contribution in [2.75, 3.05) is 18.1 Å². The second-order valence-corrected chi connectivity index (χ2v) is 8.43. The lowest BCUT2D eigenvalue weighted by Crippen LogP contribution is -2.37. The standard InChI is InChI=1S/C20H18Cl2N2O2S/c1-12-16(22)7-8-17-18(12)23-20(27-17)24(11-15-6-3-9-26-15)19(25)13-4-2-5-14(21)10-13/h2,4-5,7-8,10,15H,3,6,9,11H2,1H3/t15-/m0/s1. The van der Waals surface area contributed by atoms with Crippen molar-refractivity contribution in [2.24, 2.45) is 0 Å². The molecule has 1 aliphatic heterocycles. The largest absolute Gasteiger partial charge is 0.376 e. The minimum absolute atomic E-state index is 0.0184. The molecule has 0 spiro atoms. The molecule has 1 aliphatic rings. The number of anilines is 1. The van der Waals surface area contributed by atoms with Crippen LogP contribution in [0.2, 0.25) is 10.0 Å². The number of carbonyl (C=O) groups is 1. The van der Waals surface area contributed by atoms with Crippen molar-refractivity contribution in [1.82, 2.24) is 4.98 Å². The average Bonchev–Trinajstić information content (AvgIpc) is 3.32. The van der Waals surface area contributed by atoms with Crippen LogP contribution in [-0.2, 0) is 4.74 Å². The van der Waals surface area contributed by atoms with Crippen LogP contribution >= 0.6 is 34.5 Å². The number of hydrogen-bond acceptors (Lipinski definition) is 4. The van der Waals surface area contributed by atoms with Crippen molar-refractivity contribution >= 4 is 55.8 Å². The topological polar surface area (TPSA) is 42.4 Å². The molecule has 27 heavy (non-hydrogen) atoms. The van der Waals surface area contributed by atoms with Gasteiger partial charge in [0, 0.05) is 22.2 Å². The molecule has 2 aromatic carbocycles. The van der Waals surface area contributed by atoms with E-state index >= 15 is 0 Å². The normalized spacial score (nSPS) is 16.8. The van der Waals surface area contributed by atoms with Gasteiger partial charge in [-0.3, -0.25) is 9.69 Å². The summed E-state index contributed by atoms with van der Waals surface area (Å²) in [5.74, 6) is -0.129. The van der Waals surface area contributed by atoms with Gasteiger partial charge in [-0.1, -0.05) is 40.6 Å². The number of halogens is 2. The number of ether oxygens (including phenoxy) is 1. The van der Waals surface area contributed by atoms with E-state index in [9.17, 15) is 4.79 Å². The molecule has 1 aromatic heterocycles. The van der Waals surface area contributed by atoms with Crippen LogP contribution in [0, 0.1) is 6.92 Å². The van der Waals surface area contributed by atoms with Gasteiger partial charge in [0.25, 0.3) is 5.91 Å². The van der Waals surface area contributed by atoms with Gasteiger partial charge in [-0.25, -0.2) is 4.98 Å². The Bertz CT molecular complexity index is 999. The van der Waals surface area contributed by atoms with Crippen LogP contribution in [0.25, 0.3) is 10.2 Å². The van der Waals surface area contributed by atoms with Crippen molar-refractivity contribution in [1.29, 1.82) is 0 Å². The number of thiazole rings is 1. The van der Waals surface area contributed by atoms with Crippen LogP contribution in [-0.4, -0.2) is 30.1 Å². The van der Waals surface area contributed by atoms with E-state index in [1.54, 1.807) is 29.2 Å². The predicted octanol–water partition coefficient (Wildman–Crippen LogP) is 5.74. The first-order valence-electron chi connectivity index (χ1n) is 8.77. The minimum Gasteiger partial charge on any atom is -0.376 e. The summed E-state index contributed by atoms with van der Waals surface area (Å²) in [6.07, 6.45) is 1.97. The van der Waals surface area contributed by atoms with Gasteiger partial charge in [-0.05, 0) is 55.7 Å². The van der Waals surface area contributed by atoms with Gasteiger partial charge in [0.2, 0.25) is 0 Å². The lowest BCUT2D eigenvalue weighted by atomic mass is 10.2. The Labute approximate surface area is 171 Å². The maximum absolute atomic E-state index is 13.3. The van der Waals surface area contributed by atoms with E-state index < -0.39 is 0 Å². The number of carbonyl (C=O) groups excluding carboxylic acids is 1. The molecule has 0 unspecified atom stereocenters. The molecular formula is C20H18Cl2N2O2S. The zero-order chi connectivity index (χ0) is 19.0. The predicted molar refractivity (Wildman–Crippen MR) is 111 cm³/mol. The van der Waals surface area contributed by atoms with Crippen LogP contribution in [0.5, 0.6) is 0 Å².